The number of benzene rings is 3. The second-order valence-electron chi connectivity index (χ2n) is 15.7. The van der Waals surface area contributed by atoms with Crippen molar-refractivity contribution in [2.45, 2.75) is 86.3 Å². The van der Waals surface area contributed by atoms with Crippen LogP contribution in [-0.2, 0) is 26.2 Å². The highest BCUT2D eigenvalue weighted by molar-refractivity contribution is 6.32. The average Bonchev–Trinajstić information content (AvgIpc) is 3.84. The van der Waals surface area contributed by atoms with E-state index in [4.69, 9.17) is 9.47 Å². The Balaban J connectivity index is 1.21. The van der Waals surface area contributed by atoms with E-state index in [1.54, 1.807) is 18.3 Å². The molecule has 0 aromatic heterocycles. The fraction of sp³-hybridized carbons (Fsp3) is 0.429. The second-order valence-corrected chi connectivity index (χ2v) is 15.7. The summed E-state index contributed by atoms with van der Waals surface area (Å²) in [4.78, 5) is 37.5. The van der Waals surface area contributed by atoms with Crippen LogP contribution in [0.2, 0.25) is 0 Å². The largest absolute Gasteiger partial charge is 0.508 e. The lowest BCUT2D eigenvalue weighted by Gasteiger charge is -2.50. The number of carboxylic acid groups (broad SMARTS) is 1. The van der Waals surface area contributed by atoms with Crippen LogP contribution >= 0.6 is 0 Å². The van der Waals surface area contributed by atoms with Crippen LogP contribution in [0.1, 0.15) is 60.3 Å². The molecule has 9 atom stereocenters. The molecule has 0 radical (unpaired) electrons. The number of aliphatic imine (C=N–C) groups is 2. The first-order chi connectivity index (χ1) is 27.8. The Kier molecular flexibility index (Phi) is 10.5. The predicted molar refractivity (Wildman–Crippen MR) is 210 cm³/mol. The fourth-order valence-electron chi connectivity index (χ4n) is 9.54. The minimum atomic E-state index is -3.10. The van der Waals surface area contributed by atoms with Crippen LogP contribution in [0.15, 0.2) is 70.7 Å². The van der Waals surface area contributed by atoms with E-state index in [0.717, 1.165) is 41.8 Å². The van der Waals surface area contributed by atoms with Gasteiger partial charge in [0.2, 0.25) is 0 Å². The van der Waals surface area contributed by atoms with E-state index in [1.165, 1.54) is 30.4 Å². The number of ether oxygens (including phenoxy) is 2. The van der Waals surface area contributed by atoms with E-state index < -0.39 is 77.7 Å². The van der Waals surface area contributed by atoms with Crippen molar-refractivity contribution < 1.29 is 59.9 Å². The SMILES string of the molecule is O=C(O)[C@H]1[C@@H](C[C@@]23CCCC[C@@H]2CNc2ccccc23)c2cc(O)c(O[C@]3(O)O[C@H](CO)[C@@H](O)[C@H](O)[C@H]3O)cc2N1C(=O)/C=C/c1ccc(O)c(CC2=NCN=C2)c1. The van der Waals surface area contributed by atoms with E-state index in [1.807, 2.05) is 18.2 Å². The molecule has 4 aliphatic heterocycles. The lowest BCUT2D eigenvalue weighted by Crippen LogP contribution is -2.67. The molecular formula is C42H46N4O12. The van der Waals surface area contributed by atoms with Crippen molar-refractivity contribution in [1.29, 1.82) is 0 Å². The number of aliphatic hydroxyl groups is 5. The Morgan fingerprint density at radius 2 is 1.84 bits per heavy atom. The molecule has 3 aromatic rings. The number of phenolic OH excluding ortho intramolecular Hbond substituents is 2. The molecule has 58 heavy (non-hydrogen) atoms. The van der Waals surface area contributed by atoms with Gasteiger partial charge < -0.3 is 55.6 Å². The van der Waals surface area contributed by atoms with Gasteiger partial charge in [0.25, 0.3) is 5.91 Å². The minimum absolute atomic E-state index is 0.0296. The molecule has 306 valence electrons. The molecule has 2 fully saturated rings. The third kappa shape index (κ3) is 6.88. The number of carbonyl (C=O) groups excluding carboxylic acids is 1. The topological polar surface area (TPSA) is 254 Å². The zero-order valence-electron chi connectivity index (χ0n) is 31.4. The third-order valence-corrected chi connectivity index (χ3v) is 12.4. The molecule has 16 nitrogen and oxygen atoms in total. The summed E-state index contributed by atoms with van der Waals surface area (Å²) < 4.78 is 10.9. The number of amides is 1. The van der Waals surface area contributed by atoms with Crippen molar-refractivity contribution in [3.8, 4) is 17.2 Å². The molecule has 4 heterocycles. The van der Waals surface area contributed by atoms with Crippen LogP contribution in [0.5, 0.6) is 17.2 Å². The number of carboxylic acids is 1. The summed E-state index contributed by atoms with van der Waals surface area (Å²) in [6, 6.07) is 13.7. The highest BCUT2D eigenvalue weighted by Gasteiger charge is 2.57. The number of aliphatic carboxylic acids is 1. The summed E-state index contributed by atoms with van der Waals surface area (Å²) in [5.41, 5.74) is 3.69. The number of hydrogen-bond acceptors (Lipinski definition) is 14. The van der Waals surface area contributed by atoms with Crippen molar-refractivity contribution in [2.75, 3.05) is 30.0 Å². The number of aliphatic hydroxyl groups excluding tert-OH is 4. The Morgan fingerprint density at radius 3 is 2.60 bits per heavy atom. The number of nitrogens with zero attached hydrogens (tertiary/aromatic N) is 3. The molecule has 9 N–H and O–H groups in total. The summed E-state index contributed by atoms with van der Waals surface area (Å²) in [7, 11) is 0. The molecule has 0 unspecified atom stereocenters. The third-order valence-electron chi connectivity index (χ3n) is 12.4. The molecule has 8 rings (SSSR count). The van der Waals surface area contributed by atoms with Gasteiger partial charge in [-0.3, -0.25) is 19.7 Å². The number of aromatic hydroxyl groups is 2. The molecule has 1 aliphatic carbocycles. The number of nitrogens with one attached hydrogen (secondary N) is 1. The lowest BCUT2D eigenvalue weighted by atomic mass is 9.56. The highest BCUT2D eigenvalue weighted by Crippen LogP contribution is 2.58. The standard InChI is InChI=1S/C42H46N4O12/c47-20-34-37(51)38(52)39(53)42(56,58-34)57-33-16-30-26(15-32(33)49)27(17-41-12-4-3-5-24(41)18-44-29-7-2-1-6-28(29)41)36(40(54)55)46(30)35(50)11-9-22-8-10-31(48)23(13-22)14-25-19-43-21-45-25/h1-2,6-11,13,15-16,19,24,27,34,36-39,44,47-49,51-53,56H,3-5,12,14,17-18,20-21H2,(H,54,55)/b11-9+/t24-,27+,34-,36-,37-,38+,39-,41+,42+/m1/s1. The highest BCUT2D eigenvalue weighted by atomic mass is 16.8. The predicted octanol–water partition coefficient (Wildman–Crippen LogP) is 2.16. The van der Waals surface area contributed by atoms with Gasteiger partial charge in [0.1, 0.15) is 36.8 Å². The molecule has 3 aromatic carbocycles. The first-order valence-corrected chi connectivity index (χ1v) is 19.4. The maximum absolute atomic E-state index is 14.5. The number of fused-ring (bicyclic) bond motifs is 4. The van der Waals surface area contributed by atoms with Gasteiger partial charge >= 0.3 is 11.9 Å². The quantitative estimate of drug-likeness (QED) is 0.105. The van der Waals surface area contributed by atoms with Gasteiger partial charge in [-0.1, -0.05) is 37.1 Å². The number of anilines is 2. The van der Waals surface area contributed by atoms with E-state index in [2.05, 4.69) is 21.4 Å². The number of para-hydroxylation sites is 1. The Hall–Kier alpha value is -5.36. The summed E-state index contributed by atoms with van der Waals surface area (Å²) in [6.07, 6.45) is 0.850. The monoisotopic (exact) mass is 798 g/mol. The Morgan fingerprint density at radius 1 is 1.03 bits per heavy atom. The number of hydrogen-bond donors (Lipinski definition) is 9. The van der Waals surface area contributed by atoms with Crippen LogP contribution in [0.4, 0.5) is 11.4 Å². The Bertz CT molecular complexity index is 2190. The Labute approximate surface area is 333 Å². The van der Waals surface area contributed by atoms with Crippen molar-refractivity contribution in [3.05, 3.63) is 82.9 Å². The number of carbonyl (C=O) groups is 2. The van der Waals surface area contributed by atoms with Gasteiger partial charge in [0.05, 0.1) is 18.0 Å². The molecule has 1 saturated carbocycles. The van der Waals surface area contributed by atoms with Crippen LogP contribution in [0.25, 0.3) is 6.08 Å². The summed E-state index contributed by atoms with van der Waals surface area (Å²) in [5, 5.41) is 89.0. The van der Waals surface area contributed by atoms with Gasteiger partial charge in [-0.2, -0.15) is 0 Å². The van der Waals surface area contributed by atoms with E-state index in [-0.39, 0.29) is 17.4 Å². The van der Waals surface area contributed by atoms with E-state index in [0.29, 0.717) is 48.5 Å². The van der Waals surface area contributed by atoms with Crippen LogP contribution < -0.4 is 15.0 Å². The lowest BCUT2D eigenvalue weighted by molar-refractivity contribution is -0.422. The first kappa shape index (κ1) is 39.5. The number of phenols is 2. The van der Waals surface area contributed by atoms with Gasteiger partial charge in [0, 0.05) is 53.9 Å². The molecular weight excluding hydrogens is 752 g/mol. The van der Waals surface area contributed by atoms with Crippen LogP contribution in [0, 0.1) is 5.92 Å². The van der Waals surface area contributed by atoms with Crippen LogP contribution in [-0.4, -0.2) is 121 Å². The second kappa shape index (κ2) is 15.4. The van der Waals surface area contributed by atoms with Gasteiger partial charge in [-0.15, -0.1) is 0 Å². The zero-order chi connectivity index (χ0) is 40.9. The average molecular weight is 799 g/mol. The maximum Gasteiger partial charge on any atom is 0.355 e. The van der Waals surface area contributed by atoms with E-state index in [9.17, 15) is 50.4 Å². The van der Waals surface area contributed by atoms with Gasteiger partial charge in [-0.05, 0) is 72.2 Å². The fourth-order valence-corrected chi connectivity index (χ4v) is 9.54. The molecule has 0 bridgehead atoms. The maximum atomic E-state index is 14.5. The molecule has 16 heteroatoms. The molecule has 1 amide bonds. The van der Waals surface area contributed by atoms with Crippen molar-refractivity contribution in [2.24, 2.45) is 15.9 Å². The summed E-state index contributed by atoms with van der Waals surface area (Å²) in [5.74, 6) is -6.94. The molecule has 0 spiro atoms. The van der Waals surface area contributed by atoms with Crippen LogP contribution in [0.3, 0.4) is 0 Å². The number of rotatable bonds is 10. The normalized spacial score (nSPS) is 31.3. The van der Waals surface area contributed by atoms with Crippen molar-refractivity contribution in [3.63, 3.8) is 0 Å². The van der Waals surface area contributed by atoms with E-state index >= 15 is 0 Å². The minimum Gasteiger partial charge on any atom is -0.508 e. The van der Waals surface area contributed by atoms with Crippen molar-refractivity contribution in [1.82, 2.24) is 0 Å². The molecule has 1 saturated heterocycles. The van der Waals surface area contributed by atoms with Gasteiger partial charge in [0.15, 0.2) is 17.6 Å². The first-order valence-electron chi connectivity index (χ1n) is 19.4. The van der Waals surface area contributed by atoms with Gasteiger partial charge in [-0.25, -0.2) is 4.79 Å². The summed E-state index contributed by atoms with van der Waals surface area (Å²) in [6.45, 7) is 0.114. The molecule has 5 aliphatic rings. The zero-order valence-corrected chi connectivity index (χ0v) is 31.4. The summed E-state index contributed by atoms with van der Waals surface area (Å²) >= 11 is 0. The smallest absolute Gasteiger partial charge is 0.355 e. The van der Waals surface area contributed by atoms with Crippen molar-refractivity contribution >= 4 is 41.3 Å².